The number of hydrogen-bond donors (Lipinski definition) is 1. The number of nitrogens with one attached hydrogen (secondary N) is 1. The second-order valence-corrected chi connectivity index (χ2v) is 8.36. The number of ether oxygens (including phenoxy) is 1. The first-order valence-electron chi connectivity index (χ1n) is 8.11. The van der Waals surface area contributed by atoms with Crippen LogP contribution in [0.15, 0.2) is 35.4 Å². The van der Waals surface area contributed by atoms with E-state index in [1.807, 2.05) is 30.9 Å². The molecule has 7 heteroatoms. The van der Waals surface area contributed by atoms with E-state index in [9.17, 15) is 8.42 Å². The second-order valence-electron chi connectivity index (χ2n) is 6.14. The van der Waals surface area contributed by atoms with Crippen molar-refractivity contribution in [3.63, 3.8) is 0 Å². The highest BCUT2D eigenvalue weighted by Gasteiger charge is 2.29. The molecule has 0 atom stereocenters. The molecule has 0 spiro atoms. The lowest BCUT2D eigenvalue weighted by molar-refractivity contribution is 0.0983. The average molecular weight is 349 g/mol. The zero-order valence-corrected chi connectivity index (χ0v) is 14.8. The van der Waals surface area contributed by atoms with E-state index in [0.29, 0.717) is 37.5 Å². The predicted molar refractivity (Wildman–Crippen MR) is 92.7 cm³/mol. The summed E-state index contributed by atoms with van der Waals surface area (Å²) < 4.78 is 32.7. The van der Waals surface area contributed by atoms with Crippen LogP contribution in [0.4, 0.5) is 5.69 Å². The van der Waals surface area contributed by atoms with Crippen molar-refractivity contribution >= 4 is 15.5 Å². The van der Waals surface area contributed by atoms with Gasteiger partial charge in [0.1, 0.15) is 0 Å². The molecule has 1 aliphatic heterocycles. The van der Waals surface area contributed by atoms with E-state index >= 15 is 0 Å². The summed E-state index contributed by atoms with van der Waals surface area (Å²) in [6.07, 6.45) is 2.95. The third kappa shape index (κ3) is 3.47. The van der Waals surface area contributed by atoms with Crippen molar-refractivity contribution < 1.29 is 13.2 Å². The first-order valence-corrected chi connectivity index (χ1v) is 9.66. The molecule has 2 heterocycles. The normalized spacial score (nSPS) is 16.2. The molecule has 6 nitrogen and oxygen atoms in total. The van der Waals surface area contributed by atoms with Crippen LogP contribution >= 0.6 is 0 Å². The Bertz CT molecular complexity index is 789. The molecule has 1 aromatic heterocycles. The maximum Gasteiger partial charge on any atom is 0.181 e. The van der Waals surface area contributed by atoms with Gasteiger partial charge < -0.3 is 10.1 Å². The van der Waals surface area contributed by atoms with Gasteiger partial charge in [0.05, 0.1) is 28.6 Å². The van der Waals surface area contributed by atoms with Crippen molar-refractivity contribution in [2.75, 3.05) is 18.5 Å². The Kier molecular flexibility index (Phi) is 4.91. The third-order valence-electron chi connectivity index (χ3n) is 4.50. The van der Waals surface area contributed by atoms with Gasteiger partial charge in [0.15, 0.2) is 9.84 Å². The number of aromatic nitrogens is 2. The summed E-state index contributed by atoms with van der Waals surface area (Å²) in [4.78, 5) is 0.376. The Morgan fingerprint density at radius 1 is 1.33 bits per heavy atom. The van der Waals surface area contributed by atoms with Crippen molar-refractivity contribution in [2.45, 2.75) is 36.5 Å². The van der Waals surface area contributed by atoms with E-state index in [1.165, 1.54) is 0 Å². The van der Waals surface area contributed by atoms with Gasteiger partial charge in [-0.25, -0.2) is 8.42 Å². The van der Waals surface area contributed by atoms with Crippen molar-refractivity contribution in [3.05, 3.63) is 41.7 Å². The minimum Gasteiger partial charge on any atom is -0.381 e. The SMILES string of the molecule is Cc1cnn(C)c1CNc1cccc(S(=O)(=O)C2CCOCC2)c1. The van der Waals surface area contributed by atoms with E-state index in [0.717, 1.165) is 16.9 Å². The summed E-state index contributed by atoms with van der Waals surface area (Å²) in [6.45, 7) is 3.64. The van der Waals surface area contributed by atoms with Crippen LogP contribution in [0, 0.1) is 6.92 Å². The molecule has 130 valence electrons. The maximum atomic E-state index is 12.8. The topological polar surface area (TPSA) is 73.2 Å². The Labute approximate surface area is 142 Å². The highest BCUT2D eigenvalue weighted by molar-refractivity contribution is 7.92. The summed E-state index contributed by atoms with van der Waals surface area (Å²) >= 11 is 0. The van der Waals surface area contributed by atoms with Crippen LogP contribution in [0.3, 0.4) is 0 Å². The van der Waals surface area contributed by atoms with Gasteiger partial charge in [0, 0.05) is 25.9 Å². The van der Waals surface area contributed by atoms with E-state index in [-0.39, 0.29) is 5.25 Å². The van der Waals surface area contributed by atoms with Crippen molar-refractivity contribution in [3.8, 4) is 0 Å². The molecule has 0 amide bonds. The molecule has 24 heavy (non-hydrogen) atoms. The van der Waals surface area contributed by atoms with E-state index < -0.39 is 9.84 Å². The zero-order valence-electron chi connectivity index (χ0n) is 14.0. The lowest BCUT2D eigenvalue weighted by Crippen LogP contribution is -2.29. The average Bonchev–Trinajstić information content (AvgIpc) is 2.92. The fraction of sp³-hybridized carbons (Fsp3) is 0.471. The minimum atomic E-state index is -3.31. The van der Waals surface area contributed by atoms with Gasteiger partial charge in [-0.1, -0.05) is 6.07 Å². The fourth-order valence-corrected chi connectivity index (χ4v) is 4.73. The zero-order chi connectivity index (χ0) is 17.2. The fourth-order valence-electron chi connectivity index (χ4n) is 2.97. The van der Waals surface area contributed by atoms with Gasteiger partial charge in [-0.2, -0.15) is 5.10 Å². The summed E-state index contributed by atoms with van der Waals surface area (Å²) in [5.41, 5.74) is 2.98. The van der Waals surface area contributed by atoms with Gasteiger partial charge in [-0.3, -0.25) is 4.68 Å². The van der Waals surface area contributed by atoms with Gasteiger partial charge in [0.2, 0.25) is 0 Å². The molecule has 0 unspecified atom stereocenters. The first kappa shape index (κ1) is 17.0. The standard InChI is InChI=1S/C17H23N3O3S/c1-13-11-19-20(2)17(13)12-18-14-4-3-5-16(10-14)24(21,22)15-6-8-23-9-7-15/h3-5,10-11,15,18H,6-9,12H2,1-2H3. The minimum absolute atomic E-state index is 0.346. The molecule has 1 fully saturated rings. The monoisotopic (exact) mass is 349 g/mol. The Hall–Kier alpha value is -1.86. The van der Waals surface area contributed by atoms with Gasteiger partial charge in [-0.05, 0) is 43.5 Å². The van der Waals surface area contributed by atoms with Crippen LogP contribution in [-0.4, -0.2) is 36.7 Å². The van der Waals surface area contributed by atoms with Crippen molar-refractivity contribution in [2.24, 2.45) is 7.05 Å². The van der Waals surface area contributed by atoms with Gasteiger partial charge in [0.25, 0.3) is 0 Å². The highest BCUT2D eigenvalue weighted by atomic mass is 32.2. The van der Waals surface area contributed by atoms with Crippen LogP contribution < -0.4 is 5.32 Å². The Morgan fingerprint density at radius 3 is 2.75 bits per heavy atom. The lowest BCUT2D eigenvalue weighted by atomic mass is 10.2. The van der Waals surface area contributed by atoms with Crippen LogP contribution in [0.25, 0.3) is 0 Å². The number of sulfone groups is 1. The summed E-state index contributed by atoms with van der Waals surface area (Å²) in [6, 6.07) is 7.06. The highest BCUT2D eigenvalue weighted by Crippen LogP contribution is 2.25. The number of aryl methyl sites for hydroxylation is 2. The van der Waals surface area contributed by atoms with Gasteiger partial charge in [-0.15, -0.1) is 0 Å². The van der Waals surface area contributed by atoms with Crippen LogP contribution in [-0.2, 0) is 28.2 Å². The lowest BCUT2D eigenvalue weighted by Gasteiger charge is -2.22. The van der Waals surface area contributed by atoms with Crippen LogP contribution in [0.1, 0.15) is 24.1 Å². The first-order chi connectivity index (χ1) is 11.5. The molecule has 1 N–H and O–H groups in total. The third-order valence-corrected chi connectivity index (χ3v) is 6.76. The molecular formula is C17H23N3O3S. The molecule has 2 aromatic rings. The smallest absolute Gasteiger partial charge is 0.181 e. The Balaban J connectivity index is 1.76. The molecule has 1 aliphatic rings. The molecule has 1 aromatic carbocycles. The summed E-state index contributed by atoms with van der Waals surface area (Å²) in [7, 11) is -1.41. The number of nitrogens with zero attached hydrogens (tertiary/aromatic N) is 2. The molecular weight excluding hydrogens is 326 g/mol. The molecule has 0 aliphatic carbocycles. The summed E-state index contributed by atoms with van der Waals surface area (Å²) in [5.74, 6) is 0. The molecule has 3 rings (SSSR count). The maximum absolute atomic E-state index is 12.8. The molecule has 0 radical (unpaired) electrons. The van der Waals surface area contributed by atoms with Crippen molar-refractivity contribution in [1.29, 1.82) is 0 Å². The number of hydrogen-bond acceptors (Lipinski definition) is 5. The Morgan fingerprint density at radius 2 is 2.08 bits per heavy atom. The van der Waals surface area contributed by atoms with E-state index in [4.69, 9.17) is 4.74 Å². The van der Waals surface area contributed by atoms with E-state index in [2.05, 4.69) is 10.4 Å². The predicted octanol–water partition coefficient (Wildman–Crippen LogP) is 2.29. The summed E-state index contributed by atoms with van der Waals surface area (Å²) in [5, 5.41) is 7.16. The van der Waals surface area contributed by atoms with Crippen LogP contribution in [0.2, 0.25) is 0 Å². The largest absolute Gasteiger partial charge is 0.381 e. The van der Waals surface area contributed by atoms with E-state index in [1.54, 1.807) is 18.2 Å². The molecule has 0 bridgehead atoms. The van der Waals surface area contributed by atoms with Crippen LogP contribution in [0.5, 0.6) is 0 Å². The number of benzene rings is 1. The molecule has 1 saturated heterocycles. The molecule has 0 saturated carbocycles. The quantitative estimate of drug-likeness (QED) is 0.897. The van der Waals surface area contributed by atoms with Crippen molar-refractivity contribution in [1.82, 2.24) is 9.78 Å². The number of anilines is 1. The second kappa shape index (κ2) is 6.94. The number of rotatable bonds is 5. The van der Waals surface area contributed by atoms with Gasteiger partial charge >= 0.3 is 0 Å².